The zero-order valence-electron chi connectivity index (χ0n) is 14.5. The second-order valence-electron chi connectivity index (χ2n) is 6.20. The van der Waals surface area contributed by atoms with Crippen molar-refractivity contribution in [3.8, 4) is 0 Å². The van der Waals surface area contributed by atoms with Crippen LogP contribution in [0, 0.1) is 6.92 Å². The summed E-state index contributed by atoms with van der Waals surface area (Å²) >= 11 is 6.19. The van der Waals surface area contributed by atoms with Gasteiger partial charge >= 0.3 is 0 Å². The summed E-state index contributed by atoms with van der Waals surface area (Å²) in [4.78, 5) is 20.7. The Kier molecular flexibility index (Phi) is 5.50. The number of carbonyl (C=O) groups excluding carboxylic acids is 1. The lowest BCUT2D eigenvalue weighted by Gasteiger charge is -2.34. The van der Waals surface area contributed by atoms with E-state index < -0.39 is 0 Å². The highest BCUT2D eigenvalue weighted by Gasteiger charge is 2.20. The van der Waals surface area contributed by atoms with E-state index in [0.717, 1.165) is 44.0 Å². The standard InChI is InChI=1S/C18H22ClN5O/c1-14-16(18(19)22(2)21-14)3-4-17(25)24-11-9-23(10-12-24)13-15-5-7-20-8-6-15/h3-8H,9-13H2,1-2H3/b4-3+. The van der Waals surface area contributed by atoms with Crippen molar-refractivity contribution in [3.05, 3.63) is 52.6 Å². The molecule has 0 aliphatic carbocycles. The van der Waals surface area contributed by atoms with Gasteiger partial charge in [-0.15, -0.1) is 0 Å². The molecule has 1 fully saturated rings. The number of aryl methyl sites for hydroxylation is 2. The molecule has 0 spiro atoms. The number of hydrogen-bond donors (Lipinski definition) is 0. The minimum absolute atomic E-state index is 0.0166. The third kappa shape index (κ3) is 4.27. The predicted molar refractivity (Wildman–Crippen MR) is 98.1 cm³/mol. The average molecular weight is 360 g/mol. The molecule has 1 aliphatic rings. The van der Waals surface area contributed by atoms with Gasteiger partial charge in [0.1, 0.15) is 5.15 Å². The van der Waals surface area contributed by atoms with Gasteiger partial charge in [-0.05, 0) is 30.7 Å². The molecule has 2 aromatic rings. The molecule has 1 amide bonds. The quantitative estimate of drug-likeness (QED) is 0.785. The van der Waals surface area contributed by atoms with E-state index in [1.54, 1.807) is 23.9 Å². The molecule has 1 aliphatic heterocycles. The normalized spacial score (nSPS) is 15.9. The molecule has 7 heteroatoms. The summed E-state index contributed by atoms with van der Waals surface area (Å²) in [5, 5.41) is 4.79. The number of pyridine rings is 1. The van der Waals surface area contributed by atoms with Crippen molar-refractivity contribution in [2.24, 2.45) is 7.05 Å². The third-order valence-electron chi connectivity index (χ3n) is 4.43. The number of nitrogens with zero attached hydrogens (tertiary/aromatic N) is 5. The highest BCUT2D eigenvalue weighted by Crippen LogP contribution is 2.20. The number of halogens is 1. The Hall–Kier alpha value is -2.18. The van der Waals surface area contributed by atoms with Gasteiger partial charge in [-0.3, -0.25) is 19.4 Å². The predicted octanol–water partition coefficient (Wildman–Crippen LogP) is 2.13. The van der Waals surface area contributed by atoms with Crippen molar-refractivity contribution < 1.29 is 4.79 Å². The van der Waals surface area contributed by atoms with Crippen LogP contribution in [0.2, 0.25) is 5.15 Å². The van der Waals surface area contributed by atoms with Crippen molar-refractivity contribution in [2.75, 3.05) is 26.2 Å². The van der Waals surface area contributed by atoms with E-state index in [1.807, 2.05) is 36.4 Å². The van der Waals surface area contributed by atoms with Crippen molar-refractivity contribution >= 4 is 23.6 Å². The number of rotatable bonds is 4. The molecule has 25 heavy (non-hydrogen) atoms. The molecule has 0 N–H and O–H groups in total. The first-order valence-corrected chi connectivity index (χ1v) is 8.69. The maximum absolute atomic E-state index is 12.4. The Morgan fingerprint density at radius 2 is 1.92 bits per heavy atom. The number of carbonyl (C=O) groups is 1. The lowest BCUT2D eigenvalue weighted by Crippen LogP contribution is -2.47. The fourth-order valence-corrected chi connectivity index (χ4v) is 3.21. The molecule has 1 saturated heterocycles. The van der Waals surface area contributed by atoms with Crippen LogP contribution in [0.5, 0.6) is 0 Å². The maximum Gasteiger partial charge on any atom is 0.246 e. The minimum atomic E-state index is 0.0166. The molecule has 132 valence electrons. The molecule has 0 unspecified atom stereocenters. The Bertz CT molecular complexity index is 763. The van der Waals surface area contributed by atoms with Gasteiger partial charge in [-0.2, -0.15) is 5.10 Å². The number of piperazine rings is 1. The summed E-state index contributed by atoms with van der Waals surface area (Å²) in [6.45, 7) is 5.98. The van der Waals surface area contributed by atoms with Crippen LogP contribution in [0.1, 0.15) is 16.8 Å². The summed E-state index contributed by atoms with van der Waals surface area (Å²) in [7, 11) is 1.79. The average Bonchev–Trinajstić information content (AvgIpc) is 2.86. The van der Waals surface area contributed by atoms with Gasteiger partial charge in [-0.1, -0.05) is 11.6 Å². The van der Waals surface area contributed by atoms with E-state index in [1.165, 1.54) is 5.56 Å². The van der Waals surface area contributed by atoms with Crippen LogP contribution in [-0.4, -0.2) is 56.7 Å². The van der Waals surface area contributed by atoms with E-state index >= 15 is 0 Å². The van der Waals surface area contributed by atoms with Crippen LogP contribution in [-0.2, 0) is 18.4 Å². The molecule has 6 nitrogen and oxygen atoms in total. The third-order valence-corrected chi connectivity index (χ3v) is 4.88. The number of amides is 1. The Morgan fingerprint density at radius 1 is 1.24 bits per heavy atom. The lowest BCUT2D eigenvalue weighted by molar-refractivity contribution is -0.127. The Morgan fingerprint density at radius 3 is 2.52 bits per heavy atom. The number of aromatic nitrogens is 3. The van der Waals surface area contributed by atoms with Crippen molar-refractivity contribution in [3.63, 3.8) is 0 Å². The van der Waals surface area contributed by atoms with Crippen molar-refractivity contribution in [1.82, 2.24) is 24.6 Å². The Labute approximate surface area is 152 Å². The smallest absolute Gasteiger partial charge is 0.246 e. The second-order valence-corrected chi connectivity index (χ2v) is 6.56. The van der Waals surface area contributed by atoms with Crippen LogP contribution in [0.25, 0.3) is 6.08 Å². The SMILES string of the molecule is Cc1nn(C)c(Cl)c1/C=C/C(=O)N1CCN(Cc2ccncc2)CC1. The molecule has 0 aromatic carbocycles. The molecular weight excluding hydrogens is 338 g/mol. The number of hydrogen-bond acceptors (Lipinski definition) is 4. The van der Waals surface area contributed by atoms with Gasteiger partial charge in [0.05, 0.1) is 5.69 Å². The molecular formula is C18H22ClN5O. The maximum atomic E-state index is 12.4. The van der Waals surface area contributed by atoms with E-state index in [0.29, 0.717) is 5.15 Å². The van der Waals surface area contributed by atoms with Crippen LogP contribution >= 0.6 is 11.6 Å². The van der Waals surface area contributed by atoms with Gasteiger partial charge in [-0.25, -0.2) is 0 Å². The second kappa shape index (κ2) is 7.80. The first-order chi connectivity index (χ1) is 12.0. The van der Waals surface area contributed by atoms with E-state index in [-0.39, 0.29) is 5.91 Å². The largest absolute Gasteiger partial charge is 0.337 e. The van der Waals surface area contributed by atoms with Gasteiger partial charge in [0.15, 0.2) is 0 Å². The van der Waals surface area contributed by atoms with Crippen LogP contribution < -0.4 is 0 Å². The highest BCUT2D eigenvalue weighted by atomic mass is 35.5. The summed E-state index contributed by atoms with van der Waals surface area (Å²) in [6.07, 6.45) is 6.97. The van der Waals surface area contributed by atoms with E-state index in [9.17, 15) is 4.79 Å². The zero-order valence-corrected chi connectivity index (χ0v) is 15.3. The molecule has 2 aromatic heterocycles. The summed E-state index contributed by atoms with van der Waals surface area (Å²) in [6, 6.07) is 4.06. The van der Waals surface area contributed by atoms with Crippen LogP contribution in [0.15, 0.2) is 30.6 Å². The molecule has 0 radical (unpaired) electrons. The first kappa shape index (κ1) is 17.6. The van der Waals surface area contributed by atoms with Crippen molar-refractivity contribution in [1.29, 1.82) is 0 Å². The molecule has 3 heterocycles. The molecule has 0 atom stereocenters. The van der Waals surface area contributed by atoms with Crippen LogP contribution in [0.4, 0.5) is 0 Å². The van der Waals surface area contributed by atoms with Gasteiger partial charge in [0, 0.05) is 63.8 Å². The summed E-state index contributed by atoms with van der Waals surface area (Å²) in [5.41, 5.74) is 2.86. The fraction of sp³-hybridized carbons (Fsp3) is 0.389. The van der Waals surface area contributed by atoms with Gasteiger partial charge in [0.25, 0.3) is 0 Å². The molecule has 3 rings (SSSR count). The fourth-order valence-electron chi connectivity index (χ4n) is 2.97. The highest BCUT2D eigenvalue weighted by molar-refractivity contribution is 6.31. The topological polar surface area (TPSA) is 54.3 Å². The monoisotopic (exact) mass is 359 g/mol. The van der Waals surface area contributed by atoms with Gasteiger partial charge in [0.2, 0.25) is 5.91 Å². The lowest BCUT2D eigenvalue weighted by atomic mass is 10.2. The van der Waals surface area contributed by atoms with Gasteiger partial charge < -0.3 is 4.90 Å². The summed E-state index contributed by atoms with van der Waals surface area (Å²) in [5.74, 6) is 0.0166. The van der Waals surface area contributed by atoms with E-state index in [4.69, 9.17) is 11.6 Å². The molecule has 0 saturated carbocycles. The Balaban J connectivity index is 1.54. The van der Waals surface area contributed by atoms with Crippen LogP contribution in [0.3, 0.4) is 0 Å². The summed E-state index contributed by atoms with van der Waals surface area (Å²) < 4.78 is 1.61. The first-order valence-electron chi connectivity index (χ1n) is 8.32. The molecule has 0 bridgehead atoms. The zero-order chi connectivity index (χ0) is 17.8. The van der Waals surface area contributed by atoms with E-state index in [2.05, 4.69) is 15.0 Å². The minimum Gasteiger partial charge on any atom is -0.337 e. The van der Waals surface area contributed by atoms with Crippen molar-refractivity contribution in [2.45, 2.75) is 13.5 Å².